The van der Waals surface area contributed by atoms with Gasteiger partial charge in [0, 0.05) is 6.08 Å². The molecule has 1 aliphatic rings. The first-order valence-electron chi connectivity index (χ1n) is 5.84. The first kappa shape index (κ1) is 13.2. The Morgan fingerprint density at radius 1 is 1.25 bits per heavy atom. The van der Waals surface area contributed by atoms with Crippen LogP contribution in [0.15, 0.2) is 12.2 Å². The van der Waals surface area contributed by atoms with Crippen molar-refractivity contribution in [3.05, 3.63) is 12.2 Å². The third kappa shape index (κ3) is 4.77. The van der Waals surface area contributed by atoms with Crippen molar-refractivity contribution >= 4 is 5.97 Å². The Kier molecular flexibility index (Phi) is 5.49. The van der Waals surface area contributed by atoms with Crippen molar-refractivity contribution in [1.29, 1.82) is 0 Å². The Morgan fingerprint density at radius 3 is 2.69 bits per heavy atom. The average Bonchev–Trinajstić information content (AvgIpc) is 2.23. The average molecular weight is 228 g/mol. The van der Waals surface area contributed by atoms with Gasteiger partial charge in [-0.05, 0) is 32.3 Å². The van der Waals surface area contributed by atoms with Gasteiger partial charge in [0.1, 0.15) is 0 Å². The Morgan fingerprint density at radius 2 is 1.94 bits per heavy atom. The smallest absolute Gasteiger partial charge is 0.330 e. The number of aliphatic hydroxyl groups excluding tert-OH is 2. The minimum absolute atomic E-state index is 0.0846. The fraction of sp³-hybridized carbons (Fsp3) is 0.750. The number of cyclic esters (lactones) is 1. The van der Waals surface area contributed by atoms with Crippen molar-refractivity contribution in [2.24, 2.45) is 0 Å². The summed E-state index contributed by atoms with van der Waals surface area (Å²) in [5.74, 6) is -0.459. The van der Waals surface area contributed by atoms with Crippen molar-refractivity contribution < 1.29 is 19.7 Å². The summed E-state index contributed by atoms with van der Waals surface area (Å²) in [5, 5.41) is 19.0. The summed E-state index contributed by atoms with van der Waals surface area (Å²) in [5.41, 5.74) is 0. The molecule has 1 rings (SSSR count). The summed E-state index contributed by atoms with van der Waals surface area (Å²) in [7, 11) is 0. The maximum absolute atomic E-state index is 11.3. The van der Waals surface area contributed by atoms with E-state index >= 15 is 0 Å². The molecule has 1 heterocycles. The highest BCUT2D eigenvalue weighted by Gasteiger charge is 2.15. The normalized spacial score (nSPS) is 35.7. The fourth-order valence-corrected chi connectivity index (χ4v) is 1.73. The second-order valence-electron chi connectivity index (χ2n) is 4.30. The van der Waals surface area contributed by atoms with Crippen LogP contribution >= 0.6 is 0 Å². The Bertz CT molecular complexity index is 249. The highest BCUT2D eigenvalue weighted by Crippen LogP contribution is 2.13. The van der Waals surface area contributed by atoms with Gasteiger partial charge in [-0.2, -0.15) is 0 Å². The molecule has 0 saturated heterocycles. The minimum Gasteiger partial charge on any atom is -0.460 e. The van der Waals surface area contributed by atoms with Gasteiger partial charge >= 0.3 is 5.97 Å². The summed E-state index contributed by atoms with van der Waals surface area (Å²) >= 11 is 0. The fourth-order valence-electron chi connectivity index (χ4n) is 1.73. The maximum atomic E-state index is 11.3. The van der Waals surface area contributed by atoms with Crippen molar-refractivity contribution in [3.63, 3.8) is 0 Å². The molecular formula is C12H20O4. The van der Waals surface area contributed by atoms with Crippen molar-refractivity contribution in [3.8, 4) is 0 Å². The standard InChI is InChI=1S/C12H20O4/c1-9-5-3-2-4-6-10(13)11(14)7-8-12(15)16-9/h7-11,13-14H,2-6H2,1H3/b8-7-/t9-,10+,11+/m0/s1. The lowest BCUT2D eigenvalue weighted by molar-refractivity contribution is -0.142. The molecule has 0 fully saturated rings. The first-order valence-corrected chi connectivity index (χ1v) is 5.84. The second-order valence-corrected chi connectivity index (χ2v) is 4.30. The van der Waals surface area contributed by atoms with Crippen LogP contribution in [0.2, 0.25) is 0 Å². The van der Waals surface area contributed by atoms with E-state index in [2.05, 4.69) is 0 Å². The molecule has 3 atom stereocenters. The van der Waals surface area contributed by atoms with E-state index in [0.29, 0.717) is 6.42 Å². The Labute approximate surface area is 95.9 Å². The SMILES string of the molecule is C[C@H]1CCCCC[C@@H](O)[C@H](O)/C=C\C(=O)O1. The first-order chi connectivity index (χ1) is 7.59. The number of aliphatic hydroxyl groups is 2. The molecular weight excluding hydrogens is 208 g/mol. The van der Waals surface area contributed by atoms with E-state index < -0.39 is 18.2 Å². The van der Waals surface area contributed by atoms with Crippen molar-refractivity contribution in [2.45, 2.75) is 57.3 Å². The summed E-state index contributed by atoms with van der Waals surface area (Å²) in [6, 6.07) is 0. The summed E-state index contributed by atoms with van der Waals surface area (Å²) in [4.78, 5) is 11.3. The van der Waals surface area contributed by atoms with Gasteiger partial charge in [-0.25, -0.2) is 4.79 Å². The van der Waals surface area contributed by atoms with Crippen LogP contribution in [0.4, 0.5) is 0 Å². The zero-order valence-electron chi connectivity index (χ0n) is 9.63. The molecule has 92 valence electrons. The van der Waals surface area contributed by atoms with Crippen LogP contribution in [0.1, 0.15) is 39.0 Å². The lowest BCUT2D eigenvalue weighted by atomic mass is 10.0. The summed E-state index contributed by atoms with van der Waals surface area (Å²) in [6.07, 6.45) is 4.87. The highest BCUT2D eigenvalue weighted by molar-refractivity contribution is 5.82. The van der Waals surface area contributed by atoms with Crippen molar-refractivity contribution in [2.75, 3.05) is 0 Å². The molecule has 4 nitrogen and oxygen atoms in total. The van der Waals surface area contributed by atoms with Crippen LogP contribution in [0.25, 0.3) is 0 Å². The van der Waals surface area contributed by atoms with Crippen LogP contribution < -0.4 is 0 Å². The molecule has 16 heavy (non-hydrogen) atoms. The Hall–Kier alpha value is -0.870. The third-order valence-corrected chi connectivity index (χ3v) is 2.75. The molecule has 0 radical (unpaired) electrons. The number of esters is 1. The number of hydrogen-bond acceptors (Lipinski definition) is 4. The molecule has 0 bridgehead atoms. The van der Waals surface area contributed by atoms with Gasteiger partial charge < -0.3 is 14.9 Å². The molecule has 0 amide bonds. The molecule has 0 aromatic rings. The van der Waals surface area contributed by atoms with E-state index in [1.807, 2.05) is 6.92 Å². The van der Waals surface area contributed by atoms with Crippen LogP contribution in [-0.2, 0) is 9.53 Å². The van der Waals surface area contributed by atoms with Crippen LogP contribution in [0, 0.1) is 0 Å². The molecule has 0 aliphatic carbocycles. The third-order valence-electron chi connectivity index (χ3n) is 2.75. The van der Waals surface area contributed by atoms with Gasteiger partial charge in [0.2, 0.25) is 0 Å². The van der Waals surface area contributed by atoms with Gasteiger partial charge in [0.05, 0.1) is 18.3 Å². The molecule has 2 N–H and O–H groups in total. The van der Waals surface area contributed by atoms with Crippen LogP contribution in [0.5, 0.6) is 0 Å². The van der Waals surface area contributed by atoms with E-state index in [1.165, 1.54) is 12.2 Å². The number of ether oxygens (including phenoxy) is 1. The predicted octanol–water partition coefficient (Wildman–Crippen LogP) is 1.16. The molecule has 0 unspecified atom stereocenters. The van der Waals surface area contributed by atoms with E-state index in [1.54, 1.807) is 0 Å². The number of carbonyl (C=O) groups excluding carboxylic acids is 1. The number of carbonyl (C=O) groups is 1. The van der Waals surface area contributed by atoms with Gasteiger partial charge in [-0.15, -0.1) is 0 Å². The van der Waals surface area contributed by atoms with Crippen LogP contribution in [-0.4, -0.2) is 34.5 Å². The summed E-state index contributed by atoms with van der Waals surface area (Å²) < 4.78 is 5.09. The zero-order valence-corrected chi connectivity index (χ0v) is 9.63. The Balaban J connectivity index is 2.58. The van der Waals surface area contributed by atoms with E-state index in [9.17, 15) is 15.0 Å². The topological polar surface area (TPSA) is 66.8 Å². The van der Waals surface area contributed by atoms with Crippen LogP contribution in [0.3, 0.4) is 0 Å². The van der Waals surface area contributed by atoms with E-state index in [4.69, 9.17) is 4.74 Å². The number of hydrogen-bond donors (Lipinski definition) is 2. The molecule has 0 aromatic heterocycles. The monoisotopic (exact) mass is 228 g/mol. The van der Waals surface area contributed by atoms with Gasteiger partial charge in [-0.1, -0.05) is 12.8 Å². The van der Waals surface area contributed by atoms with Gasteiger partial charge in [0.15, 0.2) is 0 Å². The number of rotatable bonds is 0. The lowest BCUT2D eigenvalue weighted by Crippen LogP contribution is -2.24. The van der Waals surface area contributed by atoms with Gasteiger partial charge in [0.25, 0.3) is 0 Å². The maximum Gasteiger partial charge on any atom is 0.330 e. The van der Waals surface area contributed by atoms with Crippen molar-refractivity contribution in [1.82, 2.24) is 0 Å². The molecule has 0 saturated carbocycles. The highest BCUT2D eigenvalue weighted by atomic mass is 16.5. The second kappa shape index (κ2) is 6.66. The molecule has 0 aromatic carbocycles. The predicted molar refractivity (Wildman–Crippen MR) is 59.8 cm³/mol. The van der Waals surface area contributed by atoms with E-state index in [0.717, 1.165) is 25.7 Å². The largest absolute Gasteiger partial charge is 0.460 e. The molecule has 0 spiro atoms. The quantitative estimate of drug-likeness (QED) is 0.611. The minimum atomic E-state index is -0.984. The lowest BCUT2D eigenvalue weighted by Gasteiger charge is -2.16. The van der Waals surface area contributed by atoms with Gasteiger partial charge in [-0.3, -0.25) is 0 Å². The summed E-state index contributed by atoms with van der Waals surface area (Å²) in [6.45, 7) is 1.86. The molecule has 1 aliphatic heterocycles. The molecule has 4 heteroatoms. The van der Waals surface area contributed by atoms with E-state index in [-0.39, 0.29) is 6.10 Å². The zero-order chi connectivity index (χ0) is 12.0.